The second kappa shape index (κ2) is 45.2. The van der Waals surface area contributed by atoms with Gasteiger partial charge in [0, 0.05) is 6.42 Å². The molecule has 1 rings (SSSR count). The van der Waals surface area contributed by atoms with Gasteiger partial charge in [-0.25, -0.2) is 0 Å². The molecule has 214 valence electrons. The third-order valence-electron chi connectivity index (χ3n) is 2.71. The Morgan fingerprint density at radius 3 is 1.19 bits per heavy atom. The van der Waals surface area contributed by atoms with E-state index in [1.807, 2.05) is 30.3 Å². The van der Waals surface area contributed by atoms with Gasteiger partial charge in [-0.1, -0.05) is 37.8 Å². The van der Waals surface area contributed by atoms with Crippen molar-refractivity contribution in [2.45, 2.75) is 33.6 Å². The van der Waals surface area contributed by atoms with Crippen molar-refractivity contribution in [1.29, 1.82) is 0 Å². The molecule has 37 heavy (non-hydrogen) atoms. The Morgan fingerprint density at radius 2 is 0.946 bits per heavy atom. The third-order valence-corrected chi connectivity index (χ3v) is 2.71. The van der Waals surface area contributed by atoms with Crippen molar-refractivity contribution in [3.63, 3.8) is 0 Å². The van der Waals surface area contributed by atoms with Gasteiger partial charge < -0.3 is 33.2 Å². The summed E-state index contributed by atoms with van der Waals surface area (Å²) in [7, 11) is 7.95. The van der Waals surface area contributed by atoms with Gasteiger partial charge in [0.05, 0.1) is 55.5 Å². The van der Waals surface area contributed by atoms with E-state index in [0.717, 1.165) is 5.56 Å². The molecular formula is C24H40O13. The van der Waals surface area contributed by atoms with Crippen LogP contribution in [0.15, 0.2) is 30.3 Å². The summed E-state index contributed by atoms with van der Waals surface area (Å²) >= 11 is 0. The van der Waals surface area contributed by atoms with Crippen LogP contribution in [-0.4, -0.2) is 86.3 Å². The summed E-state index contributed by atoms with van der Waals surface area (Å²) in [6.07, 6.45) is 0.843. The van der Waals surface area contributed by atoms with Gasteiger partial charge in [-0.2, -0.15) is 0 Å². The van der Waals surface area contributed by atoms with E-state index in [1.54, 1.807) is 0 Å². The number of carbonyl (C=O) groups is 7. The van der Waals surface area contributed by atoms with Crippen molar-refractivity contribution in [1.82, 2.24) is 0 Å². The van der Waals surface area contributed by atoms with Gasteiger partial charge in [-0.05, 0) is 12.5 Å². The number of hydrogen-bond donors (Lipinski definition) is 0. The molecule has 1 aromatic carbocycles. The molecule has 0 amide bonds. The zero-order valence-corrected chi connectivity index (χ0v) is 21.6. The molecule has 13 heteroatoms. The van der Waals surface area contributed by atoms with Crippen molar-refractivity contribution >= 4 is 43.6 Å². The first kappa shape index (κ1) is 46.1. The van der Waals surface area contributed by atoms with Crippen LogP contribution in [-0.2, 0) is 68.4 Å². The van der Waals surface area contributed by atoms with Crippen LogP contribution in [0.5, 0.6) is 0 Å². The number of rotatable bonds is 9. The van der Waals surface area contributed by atoms with Gasteiger partial charge in [0.1, 0.15) is 5.78 Å². The van der Waals surface area contributed by atoms with E-state index < -0.39 is 0 Å². The zero-order valence-electron chi connectivity index (χ0n) is 21.6. The second-order valence-electron chi connectivity index (χ2n) is 5.34. The molecule has 0 aliphatic carbocycles. The van der Waals surface area contributed by atoms with Crippen LogP contribution < -0.4 is 0 Å². The van der Waals surface area contributed by atoms with Crippen LogP contribution in [0, 0.1) is 0 Å². The second-order valence-corrected chi connectivity index (χ2v) is 5.34. The molecule has 0 aliphatic rings. The summed E-state index contributed by atoms with van der Waals surface area (Å²) in [5.41, 5.74) is 0.986. The number of ketones is 1. The molecule has 0 aromatic heterocycles. The molecule has 0 saturated heterocycles. The van der Waals surface area contributed by atoms with Crippen molar-refractivity contribution in [3.05, 3.63) is 35.9 Å². The number of ether oxygens (including phenoxy) is 6. The van der Waals surface area contributed by atoms with Crippen LogP contribution in [0.1, 0.15) is 32.8 Å². The van der Waals surface area contributed by atoms with E-state index in [-0.39, 0.29) is 38.0 Å². The van der Waals surface area contributed by atoms with E-state index in [0.29, 0.717) is 32.3 Å². The normalized spacial score (nSPS) is 7.11. The van der Waals surface area contributed by atoms with Crippen LogP contribution in [0.2, 0.25) is 0 Å². The lowest BCUT2D eigenvalue weighted by molar-refractivity contribution is -0.142. The number of Topliss-reactive ketones (excluding diaryl/α,β-unsaturated/α-hetero) is 1. The molecule has 0 atom stereocenters. The Labute approximate surface area is 218 Å². The highest BCUT2D eigenvalue weighted by atomic mass is 16.5. The fraction of sp³-hybridized carbons (Fsp3) is 0.458. The summed E-state index contributed by atoms with van der Waals surface area (Å²) < 4.78 is 24.3. The first-order chi connectivity index (χ1) is 17.1. The maximum atomic E-state index is 10.8. The van der Waals surface area contributed by atoms with Crippen molar-refractivity contribution in [3.8, 4) is 0 Å². The Hall–Kier alpha value is -4.29. The molecule has 1 aromatic rings. The molecule has 0 saturated carbocycles. The van der Waals surface area contributed by atoms with E-state index in [9.17, 15) is 14.4 Å². The zero-order chi connectivity index (χ0) is 29.0. The summed E-state index contributed by atoms with van der Waals surface area (Å²) in [5, 5.41) is 0. The average Bonchev–Trinajstić information content (AvgIpc) is 2.92. The molecule has 0 heterocycles. The van der Waals surface area contributed by atoms with E-state index in [1.165, 1.54) is 49.6 Å². The summed E-state index contributed by atoms with van der Waals surface area (Å²) in [6.45, 7) is 2.95. The third kappa shape index (κ3) is 65.3. The maximum Gasteiger partial charge on any atom is 0.309 e. The van der Waals surface area contributed by atoms with Crippen molar-refractivity contribution < 1.29 is 62.0 Å². The predicted molar refractivity (Wildman–Crippen MR) is 133 cm³/mol. The Balaban J connectivity index is -0.0000000831. The summed E-state index contributed by atoms with van der Waals surface area (Å²) in [6, 6.07) is 9.52. The molecule has 0 N–H and O–H groups in total. The SMILES string of the molecule is C.COC(=O)CCC(C)=O.COC(=O)Cc1ccccc1.COC=O.COC=O.COC=O.COC=O. The van der Waals surface area contributed by atoms with Gasteiger partial charge in [-0.15, -0.1) is 0 Å². The van der Waals surface area contributed by atoms with E-state index in [2.05, 4.69) is 28.4 Å². The molecular weight excluding hydrogens is 496 g/mol. The Kier molecular flexibility index (Phi) is 56.4. The number of methoxy groups -OCH3 is 6. The standard InChI is InChI=1S/C9H10O2.C6H10O3.4C2H4O2.CH4/c1-11-9(10)7-8-5-3-2-4-6-8;1-5(7)3-4-6(8)9-2;4*1-4-2-3;/h2-6H,7H2,1H3;3-4H2,1-2H3;4*2H,1H3;1H4. The molecule has 0 spiro atoms. The average molecular weight is 537 g/mol. The van der Waals surface area contributed by atoms with Crippen molar-refractivity contribution in [2.24, 2.45) is 0 Å². The fourth-order valence-corrected chi connectivity index (χ4v) is 1.21. The van der Waals surface area contributed by atoms with Gasteiger partial charge in [0.15, 0.2) is 0 Å². The lowest BCUT2D eigenvalue weighted by Crippen LogP contribution is -2.03. The van der Waals surface area contributed by atoms with Gasteiger partial charge >= 0.3 is 11.9 Å². The molecule has 0 unspecified atom stereocenters. The highest BCUT2D eigenvalue weighted by Gasteiger charge is 2.01. The van der Waals surface area contributed by atoms with Gasteiger partial charge in [0.2, 0.25) is 0 Å². The first-order valence-electron chi connectivity index (χ1n) is 9.68. The summed E-state index contributed by atoms with van der Waals surface area (Å²) in [4.78, 5) is 67.2. The minimum Gasteiger partial charge on any atom is -0.471 e. The molecule has 0 bridgehead atoms. The minimum atomic E-state index is -0.329. The van der Waals surface area contributed by atoms with Crippen LogP contribution in [0.3, 0.4) is 0 Å². The number of benzene rings is 1. The van der Waals surface area contributed by atoms with Crippen LogP contribution in [0.25, 0.3) is 0 Å². The number of hydrogen-bond acceptors (Lipinski definition) is 13. The molecule has 0 aliphatic heterocycles. The van der Waals surface area contributed by atoms with Crippen molar-refractivity contribution in [2.75, 3.05) is 42.7 Å². The predicted octanol–water partition coefficient (Wildman–Crippen LogP) is 1.72. The van der Waals surface area contributed by atoms with E-state index in [4.69, 9.17) is 19.2 Å². The smallest absolute Gasteiger partial charge is 0.309 e. The summed E-state index contributed by atoms with van der Waals surface area (Å²) in [5.74, 6) is -0.512. The maximum absolute atomic E-state index is 10.8. The highest BCUT2D eigenvalue weighted by Crippen LogP contribution is 1.99. The van der Waals surface area contributed by atoms with Crippen LogP contribution in [0.4, 0.5) is 0 Å². The largest absolute Gasteiger partial charge is 0.471 e. The number of carbonyl (C=O) groups excluding carboxylic acids is 7. The fourth-order valence-electron chi connectivity index (χ4n) is 1.21. The van der Waals surface area contributed by atoms with E-state index >= 15 is 0 Å². The molecule has 0 fully saturated rings. The quantitative estimate of drug-likeness (QED) is 0.254. The highest BCUT2D eigenvalue weighted by molar-refractivity contribution is 5.80. The lowest BCUT2D eigenvalue weighted by Gasteiger charge is -1.97. The number of esters is 2. The Morgan fingerprint density at radius 1 is 0.622 bits per heavy atom. The Bertz CT molecular complexity index is 630. The lowest BCUT2D eigenvalue weighted by atomic mass is 10.2. The molecule has 0 radical (unpaired) electrons. The van der Waals surface area contributed by atoms with Gasteiger partial charge in [0.25, 0.3) is 25.9 Å². The minimum absolute atomic E-state index is 0. The van der Waals surface area contributed by atoms with Crippen LogP contribution >= 0.6 is 0 Å². The topological polar surface area (TPSA) is 175 Å². The molecule has 13 nitrogen and oxygen atoms in total. The first-order valence-corrected chi connectivity index (χ1v) is 9.68. The monoisotopic (exact) mass is 536 g/mol. The van der Waals surface area contributed by atoms with Gasteiger partial charge in [-0.3, -0.25) is 28.8 Å².